The van der Waals surface area contributed by atoms with Crippen molar-refractivity contribution in [2.24, 2.45) is 0 Å². The maximum absolute atomic E-state index is 13.0. The summed E-state index contributed by atoms with van der Waals surface area (Å²) in [6.45, 7) is 5.95. The van der Waals surface area contributed by atoms with E-state index in [0.717, 1.165) is 20.9 Å². The Balaban J connectivity index is 2.06. The van der Waals surface area contributed by atoms with Crippen LogP contribution in [0.2, 0.25) is 0 Å². The molecule has 0 aliphatic carbocycles. The molecule has 1 heterocycles. The highest BCUT2D eigenvalue weighted by atomic mass is 32.2. The van der Waals surface area contributed by atoms with Crippen molar-refractivity contribution in [3.63, 3.8) is 0 Å². The maximum atomic E-state index is 13.0. The van der Waals surface area contributed by atoms with Gasteiger partial charge in [-0.25, -0.2) is 0 Å². The Kier molecular flexibility index (Phi) is 5.47. The third-order valence-corrected chi connectivity index (χ3v) is 6.01. The molecule has 0 radical (unpaired) electrons. The molecule has 1 aliphatic heterocycles. The zero-order valence-electron chi connectivity index (χ0n) is 15.8. The number of phenols is 1. The van der Waals surface area contributed by atoms with Crippen LogP contribution in [0, 0.1) is 0 Å². The number of rotatable bonds is 3. The third-order valence-electron chi connectivity index (χ3n) is 4.28. The second-order valence-electron chi connectivity index (χ2n) is 7.64. The first-order valence-corrected chi connectivity index (χ1v) is 11.3. The van der Waals surface area contributed by atoms with Crippen molar-refractivity contribution in [1.29, 1.82) is 0 Å². The van der Waals surface area contributed by atoms with Crippen molar-refractivity contribution >= 4 is 37.0 Å². The quantitative estimate of drug-likeness (QED) is 0.507. The number of carbonyl (C=O) groups excluding carboxylic acids is 1. The highest BCUT2D eigenvalue weighted by molar-refractivity contribution is 8.04. The van der Waals surface area contributed by atoms with E-state index in [0.29, 0.717) is 10.6 Å². The molecule has 0 saturated heterocycles. The van der Waals surface area contributed by atoms with E-state index in [9.17, 15) is 24.3 Å². The lowest BCUT2D eigenvalue weighted by Gasteiger charge is -2.30. The summed E-state index contributed by atoms with van der Waals surface area (Å²) in [6, 6.07) is 12.1. The van der Waals surface area contributed by atoms with Crippen LogP contribution in [-0.2, 0) is 14.8 Å². The summed E-state index contributed by atoms with van der Waals surface area (Å²) < 4.78 is 11.6. The van der Waals surface area contributed by atoms with Gasteiger partial charge in [0, 0.05) is 4.90 Å². The van der Waals surface area contributed by atoms with Crippen LogP contribution in [-0.4, -0.2) is 27.1 Å². The van der Waals surface area contributed by atoms with Crippen molar-refractivity contribution in [2.45, 2.75) is 31.1 Å². The lowest BCUT2D eigenvalue weighted by atomic mass is 9.85. The minimum absolute atomic E-state index is 0.186. The van der Waals surface area contributed by atoms with Crippen LogP contribution in [0.1, 0.15) is 31.9 Å². The number of nitrogens with zero attached hydrogens (tertiary/aromatic N) is 1. The number of para-hydroxylation sites is 1. The Bertz CT molecular complexity index is 1010. The van der Waals surface area contributed by atoms with Crippen LogP contribution in [0.3, 0.4) is 0 Å². The van der Waals surface area contributed by atoms with Crippen LogP contribution in [0.5, 0.6) is 5.75 Å². The molecule has 2 aromatic carbocycles. The highest BCUT2D eigenvalue weighted by Gasteiger charge is 2.33. The molecule has 3 rings (SSSR count). The minimum atomic E-state index is -4.44. The summed E-state index contributed by atoms with van der Waals surface area (Å²) in [5, 5.41) is 10.1. The van der Waals surface area contributed by atoms with Gasteiger partial charge in [-0.15, -0.1) is 0 Å². The number of hydrogen-bond donors (Lipinski definition) is 3. The van der Waals surface area contributed by atoms with Crippen molar-refractivity contribution < 1.29 is 24.3 Å². The molecule has 0 bridgehead atoms. The van der Waals surface area contributed by atoms with Gasteiger partial charge in [-0.05, 0) is 46.9 Å². The molecular weight excluding hydrogens is 397 g/mol. The van der Waals surface area contributed by atoms with E-state index in [1.54, 1.807) is 30.3 Å². The fraction of sp³-hybridized carbons (Fsp3) is 0.250. The Morgan fingerprint density at radius 3 is 2.46 bits per heavy atom. The predicted molar refractivity (Wildman–Crippen MR) is 111 cm³/mol. The Hall–Kier alpha value is -2.05. The van der Waals surface area contributed by atoms with Gasteiger partial charge >= 0.3 is 7.60 Å². The van der Waals surface area contributed by atoms with Gasteiger partial charge in [-0.3, -0.25) is 14.3 Å². The normalized spacial score (nSPS) is 16.4. The summed E-state index contributed by atoms with van der Waals surface area (Å²) in [5.41, 5.74) is 1.69. The second kappa shape index (κ2) is 7.41. The SMILES string of the molecule is CC(C)(C)c1cc(C=C2Sc3ccccc3N(CP(=O)(O)O)C2=O)ccc1O. The first kappa shape index (κ1) is 20.7. The molecule has 0 unspecified atom stereocenters. The van der Waals surface area contributed by atoms with Gasteiger partial charge in [-0.1, -0.05) is 50.7 Å². The van der Waals surface area contributed by atoms with Gasteiger partial charge in [0.2, 0.25) is 0 Å². The van der Waals surface area contributed by atoms with E-state index in [4.69, 9.17) is 0 Å². The van der Waals surface area contributed by atoms with Crippen LogP contribution in [0.15, 0.2) is 52.3 Å². The van der Waals surface area contributed by atoms with E-state index in [2.05, 4.69) is 0 Å². The van der Waals surface area contributed by atoms with E-state index in [-0.39, 0.29) is 11.2 Å². The molecule has 0 aromatic heterocycles. The van der Waals surface area contributed by atoms with Gasteiger partial charge in [0.15, 0.2) is 0 Å². The number of fused-ring (bicyclic) bond motifs is 1. The Morgan fingerprint density at radius 2 is 1.82 bits per heavy atom. The van der Waals surface area contributed by atoms with Crippen LogP contribution >= 0.6 is 19.4 Å². The van der Waals surface area contributed by atoms with Gasteiger partial charge in [-0.2, -0.15) is 0 Å². The van der Waals surface area contributed by atoms with Gasteiger partial charge in [0.1, 0.15) is 12.0 Å². The maximum Gasteiger partial charge on any atom is 0.345 e. The molecule has 0 spiro atoms. The topological polar surface area (TPSA) is 98.1 Å². The average molecular weight is 419 g/mol. The molecule has 0 saturated carbocycles. The molecule has 28 heavy (non-hydrogen) atoms. The number of hydrogen-bond acceptors (Lipinski definition) is 4. The molecule has 0 fully saturated rings. The number of amides is 1. The van der Waals surface area contributed by atoms with Crippen LogP contribution < -0.4 is 4.90 Å². The molecule has 8 heteroatoms. The molecule has 2 aromatic rings. The molecule has 3 N–H and O–H groups in total. The third kappa shape index (κ3) is 4.50. The highest BCUT2D eigenvalue weighted by Crippen LogP contribution is 2.46. The molecule has 1 amide bonds. The molecule has 1 aliphatic rings. The lowest BCUT2D eigenvalue weighted by molar-refractivity contribution is -0.114. The van der Waals surface area contributed by atoms with Crippen molar-refractivity contribution in [3.05, 3.63) is 58.5 Å². The first-order chi connectivity index (χ1) is 13.0. The zero-order valence-corrected chi connectivity index (χ0v) is 17.5. The van der Waals surface area contributed by atoms with E-state index in [1.165, 1.54) is 11.8 Å². The molecular formula is C20H22NO5PS. The lowest BCUT2D eigenvalue weighted by Crippen LogP contribution is -2.35. The number of carbonyl (C=O) groups is 1. The van der Waals surface area contributed by atoms with E-state index >= 15 is 0 Å². The standard InChI is InChI=1S/C20H22NO5PS/c1-20(2,3)14-10-13(8-9-16(14)22)11-18-19(23)21(12-27(24,25)26)15-6-4-5-7-17(15)28-18/h4-11,22H,12H2,1-3H3,(H2,24,25,26). The largest absolute Gasteiger partial charge is 0.508 e. The van der Waals surface area contributed by atoms with Crippen molar-refractivity contribution in [3.8, 4) is 5.75 Å². The van der Waals surface area contributed by atoms with Gasteiger partial charge in [0.05, 0.1) is 10.6 Å². The Morgan fingerprint density at radius 1 is 1.14 bits per heavy atom. The Labute approximate surface area is 168 Å². The summed E-state index contributed by atoms with van der Waals surface area (Å²) in [7, 11) is -4.44. The monoisotopic (exact) mass is 419 g/mol. The van der Waals surface area contributed by atoms with E-state index in [1.807, 2.05) is 39.0 Å². The number of aromatic hydroxyl groups is 1. The van der Waals surface area contributed by atoms with Gasteiger partial charge in [0.25, 0.3) is 5.91 Å². The number of phenolic OH excluding ortho intramolecular Hbond substituents is 1. The number of thioether (sulfide) groups is 1. The van der Waals surface area contributed by atoms with Crippen molar-refractivity contribution in [2.75, 3.05) is 11.2 Å². The second-order valence-corrected chi connectivity index (χ2v) is 10.3. The van der Waals surface area contributed by atoms with Crippen molar-refractivity contribution in [1.82, 2.24) is 0 Å². The fourth-order valence-corrected chi connectivity index (χ4v) is 4.69. The van der Waals surface area contributed by atoms with Crippen LogP contribution in [0.4, 0.5) is 5.69 Å². The minimum Gasteiger partial charge on any atom is -0.508 e. The summed E-state index contributed by atoms with van der Waals surface area (Å²) in [5.74, 6) is -0.275. The first-order valence-electron chi connectivity index (χ1n) is 8.64. The fourth-order valence-electron chi connectivity index (χ4n) is 2.98. The van der Waals surface area contributed by atoms with Crippen LogP contribution in [0.25, 0.3) is 6.08 Å². The summed E-state index contributed by atoms with van der Waals surface area (Å²) in [6.07, 6.45) is 1.01. The zero-order chi connectivity index (χ0) is 20.7. The molecule has 148 valence electrons. The summed E-state index contributed by atoms with van der Waals surface area (Å²) >= 11 is 1.26. The van der Waals surface area contributed by atoms with E-state index < -0.39 is 19.8 Å². The molecule has 6 nitrogen and oxygen atoms in total. The summed E-state index contributed by atoms with van der Waals surface area (Å²) in [4.78, 5) is 34.0. The van der Waals surface area contributed by atoms with Gasteiger partial charge < -0.3 is 14.9 Å². The average Bonchev–Trinajstić information content (AvgIpc) is 2.58. The number of benzene rings is 2. The smallest absolute Gasteiger partial charge is 0.345 e. The molecule has 0 atom stereocenters. The predicted octanol–water partition coefficient (Wildman–Crippen LogP) is 4.30. The number of anilines is 1.